The molecule has 1 unspecified atom stereocenters. The summed E-state index contributed by atoms with van der Waals surface area (Å²) >= 11 is 0. The number of carbonyl (C=O) groups is 1. The third-order valence-corrected chi connectivity index (χ3v) is 10.8. The number of aliphatic hydroxyl groups excluding tert-OH is 1. The van der Waals surface area contributed by atoms with Crippen molar-refractivity contribution in [2.45, 2.75) is 50.5 Å². The molecular formula is C38H42N4O4S. The van der Waals surface area contributed by atoms with Gasteiger partial charge < -0.3 is 14.9 Å². The van der Waals surface area contributed by atoms with Gasteiger partial charge in [-0.3, -0.25) is 4.79 Å². The van der Waals surface area contributed by atoms with Crippen molar-refractivity contribution >= 4 is 27.0 Å². The van der Waals surface area contributed by atoms with Crippen molar-refractivity contribution in [2.24, 2.45) is 0 Å². The summed E-state index contributed by atoms with van der Waals surface area (Å²) in [7, 11) is -0.119. The fourth-order valence-electron chi connectivity index (χ4n) is 6.70. The molecule has 9 heteroatoms. The van der Waals surface area contributed by atoms with E-state index < -0.39 is 16.1 Å². The van der Waals surface area contributed by atoms with E-state index in [4.69, 9.17) is 4.98 Å². The molecule has 2 atom stereocenters. The number of hydrogen-bond donors (Lipinski definition) is 1. The second kappa shape index (κ2) is 13.1. The molecule has 0 bridgehead atoms. The lowest BCUT2D eigenvalue weighted by atomic mass is 9.87. The van der Waals surface area contributed by atoms with Crippen LogP contribution in [0, 0.1) is 13.8 Å². The van der Waals surface area contributed by atoms with Crippen molar-refractivity contribution in [3.8, 4) is 22.3 Å². The summed E-state index contributed by atoms with van der Waals surface area (Å²) in [5.41, 5.74) is 7.76. The van der Waals surface area contributed by atoms with Crippen LogP contribution in [0.4, 0.5) is 0 Å². The first-order valence-electron chi connectivity index (χ1n) is 16.1. The first kappa shape index (κ1) is 32.6. The lowest BCUT2D eigenvalue weighted by molar-refractivity contribution is 0.0703. The Morgan fingerprint density at radius 3 is 2.36 bits per heavy atom. The molecule has 1 N–H and O–H groups in total. The number of amides is 1. The molecule has 2 aromatic heterocycles. The van der Waals surface area contributed by atoms with Crippen LogP contribution < -0.4 is 0 Å². The first-order valence-corrected chi connectivity index (χ1v) is 17.5. The Morgan fingerprint density at radius 1 is 1.00 bits per heavy atom. The van der Waals surface area contributed by atoms with Gasteiger partial charge in [0, 0.05) is 54.6 Å². The molecule has 244 valence electrons. The molecule has 47 heavy (non-hydrogen) atoms. The van der Waals surface area contributed by atoms with Gasteiger partial charge in [0.15, 0.2) is 5.65 Å². The van der Waals surface area contributed by atoms with Gasteiger partial charge in [-0.15, -0.1) is 0 Å². The molecule has 8 nitrogen and oxygen atoms in total. The van der Waals surface area contributed by atoms with Gasteiger partial charge >= 0.3 is 0 Å². The van der Waals surface area contributed by atoms with Gasteiger partial charge in [-0.2, -0.15) is 0 Å². The molecule has 6 rings (SSSR count). The predicted octanol–water partition coefficient (Wildman–Crippen LogP) is 6.49. The number of likely N-dealkylation sites (tertiary alicyclic amines) is 1. The van der Waals surface area contributed by atoms with Crippen LogP contribution in [0.5, 0.6) is 0 Å². The number of aliphatic hydroxyl groups is 1. The first-order chi connectivity index (χ1) is 22.4. The minimum Gasteiger partial charge on any atom is -0.392 e. The van der Waals surface area contributed by atoms with Crippen LogP contribution >= 0.6 is 0 Å². The molecular weight excluding hydrogens is 609 g/mol. The summed E-state index contributed by atoms with van der Waals surface area (Å²) in [5.74, 6) is 0.308. The summed E-state index contributed by atoms with van der Waals surface area (Å²) in [6.07, 6.45) is 5.12. The lowest BCUT2D eigenvalue weighted by Gasteiger charge is -2.31. The zero-order valence-corrected chi connectivity index (χ0v) is 28.5. The van der Waals surface area contributed by atoms with Crippen LogP contribution in [-0.2, 0) is 10.0 Å². The van der Waals surface area contributed by atoms with E-state index in [1.165, 1.54) is 32.8 Å². The minimum atomic E-state index is -3.95. The van der Waals surface area contributed by atoms with E-state index in [0.717, 1.165) is 35.3 Å². The van der Waals surface area contributed by atoms with E-state index in [2.05, 4.69) is 37.1 Å². The molecule has 3 aromatic carbocycles. The number of aromatic nitrogens is 2. The fourth-order valence-corrected chi connectivity index (χ4v) is 8.02. The number of benzene rings is 3. The Morgan fingerprint density at radius 2 is 1.70 bits per heavy atom. The fraction of sp³-hybridized carbons (Fsp3) is 0.316. The summed E-state index contributed by atoms with van der Waals surface area (Å²) < 4.78 is 29.2. The van der Waals surface area contributed by atoms with Gasteiger partial charge in [-0.05, 0) is 106 Å². The molecule has 3 heterocycles. The number of piperidine rings is 1. The number of nitrogens with zero attached hydrogens (tertiary/aromatic N) is 4. The van der Waals surface area contributed by atoms with Crippen LogP contribution in [0.25, 0.3) is 33.3 Å². The van der Waals surface area contributed by atoms with Gasteiger partial charge in [0.1, 0.15) is 0 Å². The van der Waals surface area contributed by atoms with E-state index in [-0.39, 0.29) is 17.3 Å². The number of pyridine rings is 1. The number of aryl methyl sites for hydroxylation is 2. The van der Waals surface area contributed by atoms with E-state index in [9.17, 15) is 18.3 Å². The highest BCUT2D eigenvalue weighted by Gasteiger charge is 2.25. The molecule has 0 saturated carbocycles. The maximum atomic E-state index is 14.0. The second-order valence-corrected chi connectivity index (χ2v) is 14.9. The average Bonchev–Trinajstić information content (AvgIpc) is 3.44. The van der Waals surface area contributed by atoms with E-state index >= 15 is 0 Å². The number of carbonyl (C=O) groups excluding carboxylic acids is 1. The van der Waals surface area contributed by atoms with Gasteiger partial charge in [0.2, 0.25) is 0 Å². The monoisotopic (exact) mass is 650 g/mol. The molecule has 1 fully saturated rings. The SMILES string of the molecule is Cc1ccc(S(=O)(=O)n2cc(-c3ccc(C(=O)N(C)C[C@H](C)O)cc3)c3cc(-c4ccc(C5CCCN(C)C5)c(C)c4)cnc32)cc1. The Hall–Kier alpha value is -4.31. The topological polar surface area (TPSA) is 95.7 Å². The van der Waals surface area contributed by atoms with E-state index in [0.29, 0.717) is 28.1 Å². The summed E-state index contributed by atoms with van der Waals surface area (Å²) in [4.78, 5) is 21.8. The Labute approximate surface area is 277 Å². The molecule has 1 saturated heterocycles. The number of hydrogen-bond acceptors (Lipinski definition) is 6. The molecule has 0 aliphatic carbocycles. The van der Waals surface area contributed by atoms with Crippen molar-refractivity contribution in [1.82, 2.24) is 18.8 Å². The molecule has 0 spiro atoms. The maximum absolute atomic E-state index is 14.0. The van der Waals surface area contributed by atoms with E-state index in [1.54, 1.807) is 62.8 Å². The largest absolute Gasteiger partial charge is 0.392 e. The molecule has 0 radical (unpaired) electrons. The van der Waals surface area contributed by atoms with Crippen LogP contribution in [0.1, 0.15) is 52.7 Å². The van der Waals surface area contributed by atoms with Gasteiger partial charge in [0.05, 0.1) is 11.0 Å². The average molecular weight is 651 g/mol. The Balaban J connectivity index is 1.44. The van der Waals surface area contributed by atoms with Gasteiger partial charge in [0.25, 0.3) is 15.9 Å². The normalized spacial score (nSPS) is 16.3. The van der Waals surface area contributed by atoms with Gasteiger partial charge in [-0.25, -0.2) is 17.4 Å². The maximum Gasteiger partial charge on any atom is 0.269 e. The molecule has 5 aromatic rings. The highest BCUT2D eigenvalue weighted by Crippen LogP contribution is 2.36. The molecule has 1 aliphatic heterocycles. The minimum absolute atomic E-state index is 0.180. The second-order valence-electron chi connectivity index (χ2n) is 13.0. The third kappa shape index (κ3) is 6.61. The highest BCUT2D eigenvalue weighted by atomic mass is 32.2. The van der Waals surface area contributed by atoms with Gasteiger partial charge in [-0.1, -0.05) is 48.0 Å². The standard InChI is InChI=1S/C38H42N4O4S/c1-25-8-15-33(16-9-25)47(45,46)42-24-36(28-10-12-29(13-11-28)38(44)41(5)22-27(3)43)35-20-32(21-39-37(35)42)30-14-17-34(26(2)19-30)31-7-6-18-40(4)23-31/h8-17,19-21,24,27,31,43H,6-7,18,22-23H2,1-5H3/t27-,31?/m0/s1. The smallest absolute Gasteiger partial charge is 0.269 e. The van der Waals surface area contributed by atoms with Crippen molar-refractivity contribution in [2.75, 3.05) is 33.7 Å². The quantitative estimate of drug-likeness (QED) is 0.206. The van der Waals surface area contributed by atoms with Crippen molar-refractivity contribution in [3.05, 3.63) is 107 Å². The highest BCUT2D eigenvalue weighted by molar-refractivity contribution is 7.90. The van der Waals surface area contributed by atoms with Crippen LogP contribution in [-0.4, -0.2) is 78.0 Å². The van der Waals surface area contributed by atoms with Crippen molar-refractivity contribution in [1.29, 1.82) is 0 Å². The number of likely N-dealkylation sites (N-methyl/N-ethyl adjacent to an activating group) is 2. The number of rotatable bonds is 8. The zero-order chi connectivity index (χ0) is 33.5. The predicted molar refractivity (Wildman–Crippen MR) is 187 cm³/mol. The number of fused-ring (bicyclic) bond motifs is 1. The lowest BCUT2D eigenvalue weighted by Crippen LogP contribution is -2.32. The van der Waals surface area contributed by atoms with Crippen molar-refractivity contribution < 1.29 is 18.3 Å². The summed E-state index contributed by atoms with van der Waals surface area (Å²) in [5, 5.41) is 10.4. The van der Waals surface area contributed by atoms with E-state index in [1.807, 2.05) is 25.1 Å². The Bertz CT molecular complexity index is 2030. The van der Waals surface area contributed by atoms with Crippen LogP contribution in [0.15, 0.2) is 90.1 Å². The zero-order valence-electron chi connectivity index (χ0n) is 27.6. The van der Waals surface area contributed by atoms with Crippen LogP contribution in [0.2, 0.25) is 0 Å². The van der Waals surface area contributed by atoms with Crippen molar-refractivity contribution in [3.63, 3.8) is 0 Å². The molecule has 1 amide bonds. The summed E-state index contributed by atoms with van der Waals surface area (Å²) in [6, 6.07) is 22.5. The Kier molecular flexibility index (Phi) is 9.07. The van der Waals surface area contributed by atoms with Crippen LogP contribution in [0.3, 0.4) is 0 Å². The third-order valence-electron chi connectivity index (χ3n) is 9.18. The molecule has 1 aliphatic rings. The summed E-state index contributed by atoms with van der Waals surface area (Å²) in [6.45, 7) is 8.14.